The SMILES string of the molecule is CC(C)n1ccnc1-c1n[nH]c(C(F)(F)F)n1. The largest absolute Gasteiger partial charge is 0.451 e. The molecule has 2 heterocycles. The van der Waals surface area contributed by atoms with Gasteiger partial charge in [-0.15, -0.1) is 5.10 Å². The molecule has 0 aliphatic rings. The number of rotatable bonds is 2. The van der Waals surface area contributed by atoms with Crippen LogP contribution in [0.2, 0.25) is 0 Å². The quantitative estimate of drug-likeness (QED) is 0.882. The van der Waals surface area contributed by atoms with Crippen molar-refractivity contribution in [2.45, 2.75) is 26.1 Å². The first kappa shape index (κ1) is 11.6. The van der Waals surface area contributed by atoms with Gasteiger partial charge in [0.25, 0.3) is 0 Å². The first-order chi connectivity index (χ1) is 7.89. The topological polar surface area (TPSA) is 59.4 Å². The number of hydrogen-bond donors (Lipinski definition) is 1. The minimum Gasteiger partial charge on any atom is -0.326 e. The second kappa shape index (κ2) is 3.86. The lowest BCUT2D eigenvalue weighted by atomic mass is 10.4. The number of hydrogen-bond acceptors (Lipinski definition) is 3. The van der Waals surface area contributed by atoms with Crippen molar-refractivity contribution in [2.75, 3.05) is 0 Å². The van der Waals surface area contributed by atoms with Crippen molar-refractivity contribution >= 4 is 0 Å². The molecule has 92 valence electrons. The number of H-pyrrole nitrogens is 1. The Bertz CT molecular complexity index is 511. The van der Waals surface area contributed by atoms with Crippen molar-refractivity contribution in [3.05, 3.63) is 18.2 Å². The van der Waals surface area contributed by atoms with Gasteiger partial charge in [0.05, 0.1) is 0 Å². The number of nitrogens with one attached hydrogen (secondary N) is 1. The van der Waals surface area contributed by atoms with E-state index in [1.54, 1.807) is 10.8 Å². The Labute approximate surface area is 94.7 Å². The van der Waals surface area contributed by atoms with E-state index in [1.165, 1.54) is 6.20 Å². The minimum atomic E-state index is -4.53. The maximum atomic E-state index is 12.3. The van der Waals surface area contributed by atoms with E-state index in [0.29, 0.717) is 5.82 Å². The van der Waals surface area contributed by atoms with Gasteiger partial charge < -0.3 is 4.57 Å². The highest BCUT2D eigenvalue weighted by atomic mass is 19.4. The summed E-state index contributed by atoms with van der Waals surface area (Å²) in [4.78, 5) is 7.35. The molecule has 0 aliphatic heterocycles. The number of imidazole rings is 1. The monoisotopic (exact) mass is 245 g/mol. The highest BCUT2D eigenvalue weighted by Gasteiger charge is 2.35. The zero-order valence-corrected chi connectivity index (χ0v) is 9.15. The summed E-state index contributed by atoms with van der Waals surface area (Å²) in [6, 6.07) is 0.0698. The minimum absolute atomic E-state index is 0.0592. The van der Waals surface area contributed by atoms with Crippen LogP contribution in [-0.4, -0.2) is 24.7 Å². The summed E-state index contributed by atoms with van der Waals surface area (Å²) in [6.07, 6.45) is -1.36. The number of aromatic amines is 1. The van der Waals surface area contributed by atoms with Crippen molar-refractivity contribution in [1.82, 2.24) is 24.7 Å². The Morgan fingerprint density at radius 1 is 1.35 bits per heavy atom. The van der Waals surface area contributed by atoms with E-state index < -0.39 is 12.0 Å². The molecule has 0 unspecified atom stereocenters. The molecule has 0 aromatic carbocycles. The molecule has 0 saturated carbocycles. The molecule has 17 heavy (non-hydrogen) atoms. The standard InChI is InChI=1S/C9H10F3N5/c1-5(2)17-4-3-13-7(17)6-14-8(16-15-6)9(10,11)12/h3-5H,1-2H3,(H,14,15,16). The van der Waals surface area contributed by atoms with Crippen LogP contribution in [0.3, 0.4) is 0 Å². The van der Waals surface area contributed by atoms with Crippen molar-refractivity contribution < 1.29 is 13.2 Å². The van der Waals surface area contributed by atoms with E-state index in [9.17, 15) is 13.2 Å². The molecular formula is C9H10F3N5. The van der Waals surface area contributed by atoms with Crippen LogP contribution in [0.15, 0.2) is 12.4 Å². The van der Waals surface area contributed by atoms with Crippen LogP contribution in [0, 0.1) is 0 Å². The van der Waals surface area contributed by atoms with Crippen LogP contribution in [0.4, 0.5) is 13.2 Å². The smallest absolute Gasteiger partial charge is 0.326 e. The van der Waals surface area contributed by atoms with Crippen molar-refractivity contribution in [1.29, 1.82) is 0 Å². The fraction of sp³-hybridized carbons (Fsp3) is 0.444. The lowest BCUT2D eigenvalue weighted by Crippen LogP contribution is -2.07. The molecule has 0 bridgehead atoms. The molecule has 0 spiro atoms. The molecule has 2 rings (SSSR count). The molecule has 0 amide bonds. The van der Waals surface area contributed by atoms with Gasteiger partial charge in [-0.25, -0.2) is 9.97 Å². The lowest BCUT2D eigenvalue weighted by Gasteiger charge is -2.08. The Morgan fingerprint density at radius 3 is 2.59 bits per heavy atom. The Hall–Kier alpha value is -1.86. The maximum absolute atomic E-state index is 12.3. The summed E-state index contributed by atoms with van der Waals surface area (Å²) >= 11 is 0. The van der Waals surface area contributed by atoms with E-state index in [0.717, 1.165) is 0 Å². The predicted molar refractivity (Wildman–Crippen MR) is 53.0 cm³/mol. The highest BCUT2D eigenvalue weighted by molar-refractivity contribution is 5.43. The molecule has 0 atom stereocenters. The van der Waals surface area contributed by atoms with Gasteiger partial charge in [0.15, 0.2) is 5.82 Å². The molecule has 0 saturated heterocycles. The number of halogens is 3. The van der Waals surface area contributed by atoms with E-state index in [4.69, 9.17) is 0 Å². The molecular weight excluding hydrogens is 235 g/mol. The van der Waals surface area contributed by atoms with E-state index in [2.05, 4.69) is 15.1 Å². The third kappa shape index (κ3) is 2.15. The third-order valence-electron chi connectivity index (χ3n) is 2.18. The van der Waals surface area contributed by atoms with Gasteiger partial charge in [0, 0.05) is 18.4 Å². The van der Waals surface area contributed by atoms with Crippen LogP contribution in [-0.2, 0) is 6.18 Å². The first-order valence-corrected chi connectivity index (χ1v) is 4.92. The van der Waals surface area contributed by atoms with Crippen LogP contribution in [0.5, 0.6) is 0 Å². The lowest BCUT2D eigenvalue weighted by molar-refractivity contribution is -0.144. The summed E-state index contributed by atoms with van der Waals surface area (Å²) in [5.74, 6) is -0.867. The number of nitrogens with zero attached hydrogens (tertiary/aromatic N) is 4. The van der Waals surface area contributed by atoms with Crippen molar-refractivity contribution in [3.8, 4) is 11.6 Å². The number of aromatic nitrogens is 5. The van der Waals surface area contributed by atoms with E-state index in [-0.39, 0.29) is 11.9 Å². The fourth-order valence-corrected chi connectivity index (χ4v) is 1.39. The Morgan fingerprint density at radius 2 is 2.06 bits per heavy atom. The molecule has 5 nitrogen and oxygen atoms in total. The average Bonchev–Trinajstić information content (AvgIpc) is 2.85. The second-order valence-electron chi connectivity index (χ2n) is 3.76. The van der Waals surface area contributed by atoms with Gasteiger partial charge in [-0.3, -0.25) is 5.10 Å². The fourth-order valence-electron chi connectivity index (χ4n) is 1.39. The highest BCUT2D eigenvalue weighted by Crippen LogP contribution is 2.27. The van der Waals surface area contributed by atoms with Gasteiger partial charge in [0.1, 0.15) is 0 Å². The Kier molecular flexibility index (Phi) is 2.64. The van der Waals surface area contributed by atoms with Gasteiger partial charge in [-0.05, 0) is 13.8 Å². The van der Waals surface area contributed by atoms with Crippen molar-refractivity contribution in [3.63, 3.8) is 0 Å². The van der Waals surface area contributed by atoms with E-state index >= 15 is 0 Å². The molecule has 8 heteroatoms. The van der Waals surface area contributed by atoms with Gasteiger partial charge in [-0.2, -0.15) is 13.2 Å². The van der Waals surface area contributed by atoms with E-state index in [1.807, 2.05) is 18.9 Å². The van der Waals surface area contributed by atoms with Crippen LogP contribution in [0.1, 0.15) is 25.7 Å². The number of alkyl halides is 3. The van der Waals surface area contributed by atoms with Gasteiger partial charge >= 0.3 is 6.18 Å². The summed E-state index contributed by atoms with van der Waals surface area (Å²) in [7, 11) is 0. The van der Waals surface area contributed by atoms with Gasteiger partial charge in [-0.1, -0.05) is 0 Å². The third-order valence-corrected chi connectivity index (χ3v) is 2.18. The van der Waals surface area contributed by atoms with Crippen LogP contribution < -0.4 is 0 Å². The van der Waals surface area contributed by atoms with Crippen molar-refractivity contribution in [2.24, 2.45) is 0 Å². The summed E-state index contributed by atoms with van der Waals surface area (Å²) in [6.45, 7) is 3.78. The average molecular weight is 245 g/mol. The zero-order valence-electron chi connectivity index (χ0n) is 9.15. The normalized spacial score (nSPS) is 12.4. The summed E-state index contributed by atoms with van der Waals surface area (Å²) < 4.78 is 38.7. The van der Waals surface area contributed by atoms with Crippen LogP contribution >= 0.6 is 0 Å². The summed E-state index contributed by atoms with van der Waals surface area (Å²) in [5, 5.41) is 5.39. The summed E-state index contributed by atoms with van der Waals surface area (Å²) in [5.41, 5.74) is 0. The first-order valence-electron chi connectivity index (χ1n) is 4.92. The molecule has 0 radical (unpaired) electrons. The molecule has 0 aliphatic carbocycles. The maximum Gasteiger partial charge on any atom is 0.451 e. The molecule has 0 fully saturated rings. The molecule has 2 aromatic heterocycles. The molecule has 1 N–H and O–H groups in total. The predicted octanol–water partition coefficient (Wildman–Crippen LogP) is 2.27. The van der Waals surface area contributed by atoms with Gasteiger partial charge in [0.2, 0.25) is 11.6 Å². The molecule has 2 aromatic rings. The zero-order chi connectivity index (χ0) is 12.6. The Balaban J connectivity index is 2.41. The second-order valence-corrected chi connectivity index (χ2v) is 3.76. The van der Waals surface area contributed by atoms with Crippen LogP contribution in [0.25, 0.3) is 11.6 Å².